The molecule has 52 heavy (non-hydrogen) atoms. The van der Waals surface area contributed by atoms with Gasteiger partial charge in [-0.2, -0.15) is 0 Å². The summed E-state index contributed by atoms with van der Waals surface area (Å²) in [5, 5.41) is 7.62. The number of aryl methyl sites for hydroxylation is 1. The van der Waals surface area contributed by atoms with Gasteiger partial charge < -0.3 is 4.74 Å². The highest BCUT2D eigenvalue weighted by molar-refractivity contribution is 6.25. The zero-order chi connectivity index (χ0) is 34.6. The Kier molecular flexibility index (Phi) is 7.12. The van der Waals surface area contributed by atoms with E-state index in [0.717, 1.165) is 57.9 Å². The largest absolute Gasteiger partial charge is 0.454 e. The molecule has 1 aromatic heterocycles. The predicted octanol–water partition coefficient (Wildman–Crippen LogP) is 12.8. The summed E-state index contributed by atoms with van der Waals surface area (Å²) >= 11 is 0. The van der Waals surface area contributed by atoms with E-state index in [4.69, 9.17) is 9.72 Å². The molecule has 2 aliphatic rings. The molecule has 0 fully saturated rings. The second-order valence-corrected chi connectivity index (χ2v) is 13.8. The smallest absolute Gasteiger partial charge is 0.150 e. The van der Waals surface area contributed by atoms with Crippen molar-refractivity contribution in [3.63, 3.8) is 0 Å². The van der Waals surface area contributed by atoms with Crippen molar-refractivity contribution >= 4 is 44.0 Å². The first kappa shape index (κ1) is 30.2. The normalized spacial score (nSPS) is 15.3. The molecule has 1 aliphatic carbocycles. The van der Waals surface area contributed by atoms with Crippen LogP contribution in [0.2, 0.25) is 0 Å². The SMILES string of the molecule is C/C1=C(c2cc(-c3ccc4c5ccccc5c5ccccc5c4c3)cc(-c3cccc4c3Oc3ccccc3C#C4)c2)\C=C/c2ncccc2CC1. The summed E-state index contributed by atoms with van der Waals surface area (Å²) < 4.78 is 6.70. The number of para-hydroxylation sites is 2. The van der Waals surface area contributed by atoms with Gasteiger partial charge in [0.1, 0.15) is 5.75 Å². The number of hydrogen-bond donors (Lipinski definition) is 0. The van der Waals surface area contributed by atoms with Gasteiger partial charge in [-0.25, -0.2) is 0 Å². The van der Waals surface area contributed by atoms with Gasteiger partial charge in [0.2, 0.25) is 0 Å². The summed E-state index contributed by atoms with van der Waals surface area (Å²) in [5.74, 6) is 8.30. The van der Waals surface area contributed by atoms with Crippen LogP contribution < -0.4 is 4.74 Å². The molecule has 0 saturated heterocycles. The first-order chi connectivity index (χ1) is 25.7. The number of aromatic nitrogens is 1. The third kappa shape index (κ3) is 5.10. The van der Waals surface area contributed by atoms with E-state index >= 15 is 0 Å². The molecule has 7 aromatic carbocycles. The maximum atomic E-state index is 6.70. The van der Waals surface area contributed by atoms with Gasteiger partial charge in [0.05, 0.1) is 16.8 Å². The Labute approximate surface area is 303 Å². The Morgan fingerprint density at radius 2 is 1.19 bits per heavy atom. The minimum Gasteiger partial charge on any atom is -0.454 e. The Balaban J connectivity index is 1.21. The minimum absolute atomic E-state index is 0.777. The van der Waals surface area contributed by atoms with Crippen molar-refractivity contribution in [2.24, 2.45) is 0 Å². The molecule has 2 heteroatoms. The fraction of sp³-hybridized carbons (Fsp3) is 0.0600. The summed E-state index contributed by atoms with van der Waals surface area (Å²) in [4.78, 5) is 4.72. The van der Waals surface area contributed by atoms with Crippen LogP contribution in [-0.2, 0) is 6.42 Å². The van der Waals surface area contributed by atoms with E-state index < -0.39 is 0 Å². The van der Waals surface area contributed by atoms with Crippen LogP contribution in [0.25, 0.3) is 66.2 Å². The molecule has 8 aromatic rings. The second kappa shape index (κ2) is 12.3. The lowest BCUT2D eigenvalue weighted by atomic mass is 9.87. The monoisotopic (exact) mass is 663 g/mol. The fourth-order valence-electron chi connectivity index (χ4n) is 7.99. The molecular formula is C50H33NO. The van der Waals surface area contributed by atoms with Crippen LogP contribution in [0.4, 0.5) is 0 Å². The number of rotatable bonds is 3. The van der Waals surface area contributed by atoms with Gasteiger partial charge in [-0.05, 0) is 140 Å². The third-order valence-electron chi connectivity index (χ3n) is 10.6. The molecule has 0 unspecified atom stereocenters. The Bertz CT molecular complexity index is 2860. The Hall–Kier alpha value is -6.69. The molecule has 2 heterocycles. The zero-order valence-corrected chi connectivity index (χ0v) is 28.8. The van der Waals surface area contributed by atoms with E-state index in [1.807, 2.05) is 36.5 Å². The second-order valence-electron chi connectivity index (χ2n) is 13.8. The maximum Gasteiger partial charge on any atom is 0.150 e. The van der Waals surface area contributed by atoms with Crippen molar-refractivity contribution in [2.75, 3.05) is 0 Å². The van der Waals surface area contributed by atoms with E-state index in [9.17, 15) is 0 Å². The van der Waals surface area contributed by atoms with Crippen molar-refractivity contribution in [1.29, 1.82) is 0 Å². The number of fused-ring (bicyclic) bond motifs is 9. The predicted molar refractivity (Wildman–Crippen MR) is 217 cm³/mol. The molecule has 10 rings (SSSR count). The lowest BCUT2D eigenvalue weighted by Gasteiger charge is -2.19. The van der Waals surface area contributed by atoms with Gasteiger partial charge in [0.25, 0.3) is 0 Å². The minimum atomic E-state index is 0.777. The highest BCUT2D eigenvalue weighted by Gasteiger charge is 2.19. The lowest BCUT2D eigenvalue weighted by Crippen LogP contribution is -1.99. The summed E-state index contributed by atoms with van der Waals surface area (Å²) in [6.07, 6.45) is 8.24. The molecule has 0 N–H and O–H groups in total. The molecule has 0 bridgehead atoms. The van der Waals surface area contributed by atoms with Gasteiger partial charge in [-0.1, -0.05) is 114 Å². The number of benzene rings is 7. The summed E-state index contributed by atoms with van der Waals surface area (Å²) in [6, 6.07) is 50.1. The summed E-state index contributed by atoms with van der Waals surface area (Å²) in [7, 11) is 0. The molecule has 0 atom stereocenters. The highest BCUT2D eigenvalue weighted by atomic mass is 16.5. The molecule has 0 amide bonds. The zero-order valence-electron chi connectivity index (χ0n) is 28.8. The van der Waals surface area contributed by atoms with E-state index in [-0.39, 0.29) is 0 Å². The third-order valence-corrected chi connectivity index (χ3v) is 10.6. The average molecular weight is 664 g/mol. The van der Waals surface area contributed by atoms with Crippen molar-refractivity contribution in [1.82, 2.24) is 4.98 Å². The molecular weight excluding hydrogens is 631 g/mol. The first-order valence-electron chi connectivity index (χ1n) is 17.9. The Morgan fingerprint density at radius 3 is 2.02 bits per heavy atom. The van der Waals surface area contributed by atoms with Crippen LogP contribution in [0, 0.1) is 11.8 Å². The van der Waals surface area contributed by atoms with E-state index in [0.29, 0.717) is 0 Å². The molecule has 1 aliphatic heterocycles. The van der Waals surface area contributed by atoms with Gasteiger partial charge in [-0.3, -0.25) is 4.98 Å². The van der Waals surface area contributed by atoms with Crippen LogP contribution in [-0.4, -0.2) is 4.98 Å². The molecule has 0 radical (unpaired) electrons. The molecule has 2 nitrogen and oxygen atoms in total. The standard InChI is InChI=1S/C50H33NO/c1-32-19-20-33-12-9-27-51-48(33)26-25-40(32)38-28-37(29-39(30-38)41-17-8-11-35-22-21-34-10-2-7-18-49(34)52-50(35)41)36-23-24-46-44-15-4-3-13-42(44)43-14-5-6-16-45(43)47(46)31-36/h2-18,23-31H,19-20H2,1H3/b26-25-,40-32-. The number of pyridine rings is 1. The van der Waals surface area contributed by atoms with Crippen molar-refractivity contribution in [2.45, 2.75) is 19.8 Å². The van der Waals surface area contributed by atoms with Crippen molar-refractivity contribution in [3.8, 4) is 45.6 Å². The summed E-state index contributed by atoms with van der Waals surface area (Å²) in [5.41, 5.74) is 12.3. The van der Waals surface area contributed by atoms with Gasteiger partial charge >= 0.3 is 0 Å². The van der Waals surface area contributed by atoms with Gasteiger partial charge in [0, 0.05) is 11.8 Å². The first-order valence-corrected chi connectivity index (χ1v) is 17.9. The maximum absolute atomic E-state index is 6.70. The van der Waals surface area contributed by atoms with Crippen molar-refractivity contribution < 1.29 is 4.74 Å². The molecule has 244 valence electrons. The number of nitrogens with zero attached hydrogens (tertiary/aromatic N) is 1. The summed E-state index contributed by atoms with van der Waals surface area (Å²) in [6.45, 7) is 2.27. The fourth-order valence-corrected chi connectivity index (χ4v) is 7.99. The number of ether oxygens (including phenoxy) is 1. The lowest BCUT2D eigenvalue weighted by molar-refractivity contribution is 0.482. The van der Waals surface area contributed by atoms with Crippen LogP contribution in [0.5, 0.6) is 11.5 Å². The average Bonchev–Trinajstić information content (AvgIpc) is 3.39. The van der Waals surface area contributed by atoms with Crippen LogP contribution in [0.15, 0.2) is 157 Å². The quantitative estimate of drug-likeness (QED) is 0.139. The van der Waals surface area contributed by atoms with Crippen LogP contribution in [0.1, 0.15) is 41.3 Å². The highest BCUT2D eigenvalue weighted by Crippen LogP contribution is 2.43. The van der Waals surface area contributed by atoms with Gasteiger partial charge in [0.15, 0.2) is 5.75 Å². The Morgan fingerprint density at radius 1 is 0.519 bits per heavy atom. The molecule has 0 spiro atoms. The van der Waals surface area contributed by atoms with Crippen LogP contribution in [0.3, 0.4) is 0 Å². The topological polar surface area (TPSA) is 22.1 Å². The molecule has 0 saturated carbocycles. The van der Waals surface area contributed by atoms with E-state index in [1.54, 1.807) is 0 Å². The van der Waals surface area contributed by atoms with Crippen molar-refractivity contribution in [3.05, 3.63) is 185 Å². The van der Waals surface area contributed by atoms with E-state index in [1.165, 1.54) is 60.2 Å². The number of allylic oxidation sites excluding steroid dienone is 3. The number of hydrogen-bond acceptors (Lipinski definition) is 2. The van der Waals surface area contributed by atoms with Gasteiger partial charge in [-0.15, -0.1) is 0 Å². The van der Waals surface area contributed by atoms with Crippen LogP contribution >= 0.6 is 0 Å². The van der Waals surface area contributed by atoms with E-state index in [2.05, 4.69) is 140 Å².